The van der Waals surface area contributed by atoms with E-state index in [0.29, 0.717) is 12.5 Å². The summed E-state index contributed by atoms with van der Waals surface area (Å²) in [5.41, 5.74) is 0.760. The minimum atomic E-state index is -3.65. The van der Waals surface area contributed by atoms with Crippen molar-refractivity contribution in [2.24, 2.45) is 11.1 Å². The van der Waals surface area contributed by atoms with E-state index in [9.17, 15) is 8.42 Å². The van der Waals surface area contributed by atoms with Gasteiger partial charge < -0.3 is 10.1 Å². The monoisotopic (exact) mass is 270 g/mol. The smallest absolute Gasteiger partial charge is 0.238 e. The van der Waals surface area contributed by atoms with E-state index in [4.69, 9.17) is 9.88 Å². The fraction of sp³-hybridized carbons (Fsp3) is 0.500. The Hall–Kier alpha value is -1.11. The Kier molecular flexibility index (Phi) is 3.89. The number of benzene rings is 1. The lowest BCUT2D eigenvalue weighted by molar-refractivity contribution is 0.179. The van der Waals surface area contributed by atoms with Gasteiger partial charge in [0.15, 0.2) is 0 Å². The summed E-state index contributed by atoms with van der Waals surface area (Å²) in [4.78, 5) is 0.125. The van der Waals surface area contributed by atoms with Crippen molar-refractivity contribution in [3.05, 3.63) is 24.3 Å². The second-order valence-corrected chi connectivity index (χ2v) is 6.18. The SMILES string of the molecule is COCC(Nc1cccc(S(N)(=O)=O)c1)C1CC1. The number of rotatable bonds is 6. The highest BCUT2D eigenvalue weighted by Gasteiger charge is 2.31. The average molecular weight is 270 g/mol. The van der Waals surface area contributed by atoms with Gasteiger partial charge in [-0.3, -0.25) is 0 Å². The van der Waals surface area contributed by atoms with Crippen molar-refractivity contribution in [3.8, 4) is 0 Å². The summed E-state index contributed by atoms with van der Waals surface area (Å²) >= 11 is 0. The van der Waals surface area contributed by atoms with Gasteiger partial charge in [-0.1, -0.05) is 6.07 Å². The fourth-order valence-corrected chi connectivity index (χ4v) is 2.51. The van der Waals surface area contributed by atoms with Crippen LogP contribution in [0.2, 0.25) is 0 Å². The van der Waals surface area contributed by atoms with Gasteiger partial charge in [0.05, 0.1) is 17.5 Å². The standard InChI is InChI=1S/C12H18N2O3S/c1-17-8-12(9-5-6-9)14-10-3-2-4-11(7-10)18(13,15)16/h2-4,7,9,12,14H,5-6,8H2,1H3,(H2,13,15,16). The van der Waals surface area contributed by atoms with Gasteiger partial charge in [-0.25, -0.2) is 13.6 Å². The molecule has 0 aliphatic heterocycles. The lowest BCUT2D eigenvalue weighted by Gasteiger charge is -2.18. The third-order valence-electron chi connectivity index (χ3n) is 3.05. The van der Waals surface area contributed by atoms with Gasteiger partial charge in [-0.05, 0) is 37.0 Å². The molecular formula is C12H18N2O3S. The lowest BCUT2D eigenvalue weighted by Crippen LogP contribution is -2.27. The molecule has 18 heavy (non-hydrogen) atoms. The van der Waals surface area contributed by atoms with Gasteiger partial charge in [0.1, 0.15) is 0 Å². The van der Waals surface area contributed by atoms with E-state index >= 15 is 0 Å². The molecule has 1 saturated carbocycles. The van der Waals surface area contributed by atoms with Crippen LogP contribution in [0.4, 0.5) is 5.69 Å². The summed E-state index contributed by atoms with van der Waals surface area (Å²) in [7, 11) is -1.98. The largest absolute Gasteiger partial charge is 0.383 e. The van der Waals surface area contributed by atoms with Crippen LogP contribution in [0.15, 0.2) is 29.2 Å². The first-order valence-electron chi connectivity index (χ1n) is 5.89. The van der Waals surface area contributed by atoms with E-state index in [2.05, 4.69) is 5.32 Å². The number of methoxy groups -OCH3 is 1. The molecule has 1 atom stereocenters. The Balaban J connectivity index is 2.13. The zero-order valence-electron chi connectivity index (χ0n) is 10.3. The molecule has 3 N–H and O–H groups in total. The molecular weight excluding hydrogens is 252 g/mol. The molecule has 1 fully saturated rings. The predicted octanol–water partition coefficient (Wildman–Crippen LogP) is 1.17. The second kappa shape index (κ2) is 5.26. The lowest BCUT2D eigenvalue weighted by atomic mass is 10.2. The molecule has 6 heteroatoms. The van der Waals surface area contributed by atoms with Crippen LogP contribution in [0.1, 0.15) is 12.8 Å². The third-order valence-corrected chi connectivity index (χ3v) is 3.96. The predicted molar refractivity (Wildman–Crippen MR) is 69.8 cm³/mol. The van der Waals surface area contributed by atoms with Crippen molar-refractivity contribution in [2.45, 2.75) is 23.8 Å². The summed E-state index contributed by atoms with van der Waals surface area (Å²) < 4.78 is 27.7. The van der Waals surface area contributed by atoms with Gasteiger partial charge in [-0.15, -0.1) is 0 Å². The molecule has 0 aromatic heterocycles. The second-order valence-electron chi connectivity index (χ2n) is 4.62. The van der Waals surface area contributed by atoms with Gasteiger partial charge in [0.2, 0.25) is 10.0 Å². The minimum Gasteiger partial charge on any atom is -0.383 e. The molecule has 100 valence electrons. The Bertz CT molecular complexity index is 512. The maximum absolute atomic E-state index is 11.3. The van der Waals surface area contributed by atoms with Crippen molar-refractivity contribution in [1.29, 1.82) is 0 Å². The topological polar surface area (TPSA) is 81.4 Å². The van der Waals surface area contributed by atoms with Crippen LogP contribution in [0.25, 0.3) is 0 Å². The molecule has 0 radical (unpaired) electrons. The normalized spacial score (nSPS) is 17.4. The van der Waals surface area contributed by atoms with E-state index in [1.807, 2.05) is 6.07 Å². The number of nitrogens with one attached hydrogen (secondary N) is 1. The number of hydrogen-bond acceptors (Lipinski definition) is 4. The highest BCUT2D eigenvalue weighted by molar-refractivity contribution is 7.89. The minimum absolute atomic E-state index is 0.125. The van der Waals surface area contributed by atoms with Gasteiger partial charge in [0.25, 0.3) is 0 Å². The van der Waals surface area contributed by atoms with E-state index < -0.39 is 10.0 Å². The quantitative estimate of drug-likeness (QED) is 0.813. The molecule has 1 aliphatic carbocycles. The number of sulfonamides is 1. The van der Waals surface area contributed by atoms with Crippen LogP contribution in [0, 0.1) is 5.92 Å². The molecule has 0 saturated heterocycles. The van der Waals surface area contributed by atoms with E-state index in [-0.39, 0.29) is 10.9 Å². The van der Waals surface area contributed by atoms with E-state index in [1.54, 1.807) is 19.2 Å². The molecule has 2 rings (SSSR count). The molecule has 0 bridgehead atoms. The molecule has 1 aromatic rings. The van der Waals surface area contributed by atoms with Gasteiger partial charge in [-0.2, -0.15) is 0 Å². The van der Waals surface area contributed by atoms with Crippen LogP contribution >= 0.6 is 0 Å². The molecule has 5 nitrogen and oxygen atoms in total. The Morgan fingerprint density at radius 3 is 2.78 bits per heavy atom. The van der Waals surface area contributed by atoms with Gasteiger partial charge in [0, 0.05) is 12.8 Å². The number of anilines is 1. The van der Waals surface area contributed by atoms with Crippen LogP contribution in [0.5, 0.6) is 0 Å². The Morgan fingerprint density at radius 1 is 1.50 bits per heavy atom. The summed E-state index contributed by atoms with van der Waals surface area (Å²) in [5, 5.41) is 8.42. The zero-order chi connectivity index (χ0) is 13.2. The zero-order valence-corrected chi connectivity index (χ0v) is 11.1. The molecule has 0 heterocycles. The van der Waals surface area contributed by atoms with Crippen molar-refractivity contribution in [1.82, 2.24) is 0 Å². The average Bonchev–Trinajstić information content (AvgIpc) is 3.11. The van der Waals surface area contributed by atoms with Crippen LogP contribution in [0.3, 0.4) is 0 Å². The summed E-state index contributed by atoms with van der Waals surface area (Å²) in [6.07, 6.45) is 2.38. The molecule has 1 unspecified atom stereocenters. The first kappa shape index (κ1) is 13.3. The number of nitrogens with two attached hydrogens (primary N) is 1. The van der Waals surface area contributed by atoms with Crippen molar-refractivity contribution >= 4 is 15.7 Å². The van der Waals surface area contributed by atoms with E-state index in [0.717, 1.165) is 5.69 Å². The van der Waals surface area contributed by atoms with Crippen molar-refractivity contribution in [2.75, 3.05) is 19.0 Å². The highest BCUT2D eigenvalue weighted by Crippen LogP contribution is 2.34. The number of ether oxygens (including phenoxy) is 1. The first-order chi connectivity index (χ1) is 8.50. The highest BCUT2D eigenvalue weighted by atomic mass is 32.2. The summed E-state index contributed by atoms with van der Waals surface area (Å²) in [5.74, 6) is 0.614. The number of hydrogen-bond donors (Lipinski definition) is 2. The van der Waals surface area contributed by atoms with E-state index in [1.165, 1.54) is 18.9 Å². The molecule has 1 aliphatic rings. The first-order valence-corrected chi connectivity index (χ1v) is 7.43. The maximum Gasteiger partial charge on any atom is 0.238 e. The van der Waals surface area contributed by atoms with Gasteiger partial charge >= 0.3 is 0 Å². The van der Waals surface area contributed by atoms with Crippen LogP contribution in [-0.4, -0.2) is 28.2 Å². The molecule has 1 aromatic carbocycles. The fourth-order valence-electron chi connectivity index (χ4n) is 1.95. The van der Waals surface area contributed by atoms with Crippen LogP contribution in [-0.2, 0) is 14.8 Å². The third kappa shape index (κ3) is 3.44. The summed E-state index contributed by atoms with van der Waals surface area (Å²) in [6, 6.07) is 6.78. The maximum atomic E-state index is 11.3. The Labute approximate surface area is 107 Å². The summed E-state index contributed by atoms with van der Waals surface area (Å²) in [6.45, 7) is 0.615. The molecule has 0 amide bonds. The number of primary sulfonamides is 1. The van der Waals surface area contributed by atoms with Crippen LogP contribution < -0.4 is 10.5 Å². The Morgan fingerprint density at radius 2 is 2.22 bits per heavy atom. The van der Waals surface area contributed by atoms with Crippen molar-refractivity contribution < 1.29 is 13.2 Å². The molecule has 0 spiro atoms. The van der Waals surface area contributed by atoms with Crippen molar-refractivity contribution in [3.63, 3.8) is 0 Å².